The molecular formula is C19H22FN3O2. The van der Waals surface area contributed by atoms with Gasteiger partial charge < -0.3 is 15.4 Å². The zero-order valence-corrected chi connectivity index (χ0v) is 14.0. The molecule has 2 N–H and O–H groups in total. The van der Waals surface area contributed by atoms with Crippen molar-refractivity contribution in [3.05, 3.63) is 59.7 Å². The highest BCUT2D eigenvalue weighted by Crippen LogP contribution is 2.14. The lowest BCUT2D eigenvalue weighted by molar-refractivity contribution is 0.0953. The van der Waals surface area contributed by atoms with Crippen LogP contribution in [-0.4, -0.2) is 36.7 Å². The first kappa shape index (κ1) is 17.4. The lowest BCUT2D eigenvalue weighted by atomic mass is 10.1. The van der Waals surface area contributed by atoms with E-state index in [9.17, 15) is 9.18 Å². The minimum atomic E-state index is -0.251. The number of aromatic nitrogens is 1. The lowest BCUT2D eigenvalue weighted by Gasteiger charge is -2.12. The number of benzene rings is 1. The van der Waals surface area contributed by atoms with E-state index in [1.54, 1.807) is 30.5 Å². The summed E-state index contributed by atoms with van der Waals surface area (Å²) in [5.41, 5.74) is 1.86. The molecule has 1 amide bonds. The first-order chi connectivity index (χ1) is 12.2. The van der Waals surface area contributed by atoms with E-state index in [2.05, 4.69) is 15.6 Å². The summed E-state index contributed by atoms with van der Waals surface area (Å²) in [6, 6.07) is 8.34. The van der Waals surface area contributed by atoms with Crippen molar-refractivity contribution >= 4 is 11.6 Å². The van der Waals surface area contributed by atoms with Crippen LogP contribution in [-0.2, 0) is 11.2 Å². The molecule has 3 rings (SSSR count). The van der Waals surface area contributed by atoms with Crippen molar-refractivity contribution in [1.82, 2.24) is 10.3 Å². The van der Waals surface area contributed by atoms with Gasteiger partial charge in [-0.25, -0.2) is 4.39 Å². The van der Waals surface area contributed by atoms with E-state index in [-0.39, 0.29) is 17.8 Å². The molecule has 1 aliphatic rings. The molecule has 1 fully saturated rings. The summed E-state index contributed by atoms with van der Waals surface area (Å²) in [6.45, 7) is 1.89. The molecule has 1 unspecified atom stereocenters. The Morgan fingerprint density at radius 3 is 3.00 bits per heavy atom. The van der Waals surface area contributed by atoms with Gasteiger partial charge in [0.2, 0.25) is 0 Å². The topological polar surface area (TPSA) is 63.2 Å². The molecule has 1 aromatic heterocycles. The molecule has 5 nitrogen and oxygen atoms in total. The molecule has 0 aliphatic carbocycles. The van der Waals surface area contributed by atoms with E-state index < -0.39 is 0 Å². The van der Waals surface area contributed by atoms with Gasteiger partial charge in [0.05, 0.1) is 17.4 Å². The highest BCUT2D eigenvalue weighted by molar-refractivity contribution is 5.94. The predicted octanol–water partition coefficient (Wildman–Crippen LogP) is 2.78. The van der Waals surface area contributed by atoms with Crippen molar-refractivity contribution in [1.29, 1.82) is 0 Å². The van der Waals surface area contributed by atoms with Crippen LogP contribution in [0.2, 0.25) is 0 Å². The lowest BCUT2D eigenvalue weighted by Crippen LogP contribution is -2.26. The van der Waals surface area contributed by atoms with E-state index in [0.29, 0.717) is 30.6 Å². The van der Waals surface area contributed by atoms with Crippen LogP contribution >= 0.6 is 0 Å². The van der Waals surface area contributed by atoms with Crippen LogP contribution in [0.3, 0.4) is 0 Å². The van der Waals surface area contributed by atoms with Crippen molar-refractivity contribution in [2.75, 3.05) is 25.0 Å². The fraction of sp³-hybridized carbons (Fsp3) is 0.368. The van der Waals surface area contributed by atoms with Gasteiger partial charge in [-0.3, -0.25) is 9.78 Å². The Morgan fingerprint density at radius 1 is 1.32 bits per heavy atom. The van der Waals surface area contributed by atoms with Crippen LogP contribution in [0.4, 0.5) is 10.1 Å². The highest BCUT2D eigenvalue weighted by Gasteiger charge is 2.15. The number of anilines is 1. The second kappa shape index (κ2) is 8.58. The van der Waals surface area contributed by atoms with Gasteiger partial charge in [0, 0.05) is 32.1 Å². The third kappa shape index (κ3) is 5.00. The number of nitrogens with one attached hydrogen (secondary N) is 2. The Bertz CT molecular complexity index is 717. The Kier molecular flexibility index (Phi) is 5.95. The first-order valence-electron chi connectivity index (χ1n) is 8.54. The summed E-state index contributed by atoms with van der Waals surface area (Å²) in [4.78, 5) is 16.3. The minimum Gasteiger partial charge on any atom is -0.381 e. The van der Waals surface area contributed by atoms with Crippen LogP contribution in [0.25, 0.3) is 0 Å². The van der Waals surface area contributed by atoms with Gasteiger partial charge in [0.25, 0.3) is 5.91 Å². The van der Waals surface area contributed by atoms with Crippen LogP contribution in [0.1, 0.15) is 28.8 Å². The maximum atomic E-state index is 13.6. The zero-order chi connectivity index (χ0) is 17.5. The first-order valence-corrected chi connectivity index (χ1v) is 8.54. The number of pyridine rings is 1. The number of halogens is 1. The fourth-order valence-electron chi connectivity index (χ4n) is 2.81. The third-order valence-corrected chi connectivity index (χ3v) is 4.20. The SMILES string of the molecule is O=C(NCCc1ccccc1F)c1cncc(NCC2CCCO2)c1. The normalized spacial score (nSPS) is 16.6. The molecule has 1 aliphatic heterocycles. The van der Waals surface area contributed by atoms with Crippen molar-refractivity contribution in [2.24, 2.45) is 0 Å². The highest BCUT2D eigenvalue weighted by atomic mass is 19.1. The molecule has 2 heterocycles. The quantitative estimate of drug-likeness (QED) is 0.811. The van der Waals surface area contributed by atoms with E-state index in [1.165, 1.54) is 12.3 Å². The van der Waals surface area contributed by atoms with Crippen LogP contribution in [0.15, 0.2) is 42.7 Å². The van der Waals surface area contributed by atoms with Gasteiger partial charge in [0.1, 0.15) is 5.82 Å². The number of rotatable bonds is 7. The molecule has 1 aromatic carbocycles. The molecule has 1 atom stereocenters. The minimum absolute atomic E-state index is 0.218. The third-order valence-electron chi connectivity index (χ3n) is 4.20. The Morgan fingerprint density at radius 2 is 2.20 bits per heavy atom. The number of ether oxygens (including phenoxy) is 1. The number of nitrogens with zero attached hydrogens (tertiary/aromatic N) is 1. The molecule has 25 heavy (non-hydrogen) atoms. The van der Waals surface area contributed by atoms with Crippen molar-refractivity contribution in [3.8, 4) is 0 Å². The zero-order valence-electron chi connectivity index (χ0n) is 14.0. The summed E-state index contributed by atoms with van der Waals surface area (Å²) in [5.74, 6) is -0.469. The Labute approximate surface area is 146 Å². The maximum absolute atomic E-state index is 13.6. The second-order valence-electron chi connectivity index (χ2n) is 6.08. The van der Waals surface area contributed by atoms with Crippen molar-refractivity contribution in [2.45, 2.75) is 25.4 Å². The van der Waals surface area contributed by atoms with Gasteiger partial charge in [-0.1, -0.05) is 18.2 Å². The fourth-order valence-corrected chi connectivity index (χ4v) is 2.81. The van der Waals surface area contributed by atoms with Crippen molar-refractivity contribution in [3.63, 3.8) is 0 Å². The Balaban J connectivity index is 1.49. The van der Waals surface area contributed by atoms with Gasteiger partial charge in [0.15, 0.2) is 0 Å². The average molecular weight is 343 g/mol. The average Bonchev–Trinajstić information content (AvgIpc) is 3.15. The summed E-state index contributed by atoms with van der Waals surface area (Å²) in [7, 11) is 0. The summed E-state index contributed by atoms with van der Waals surface area (Å²) in [5, 5.41) is 6.06. The number of carbonyl (C=O) groups excluding carboxylic acids is 1. The number of amides is 1. The van der Waals surface area contributed by atoms with Crippen LogP contribution < -0.4 is 10.6 Å². The molecule has 0 spiro atoms. The second-order valence-corrected chi connectivity index (χ2v) is 6.08. The van der Waals surface area contributed by atoms with Crippen molar-refractivity contribution < 1.29 is 13.9 Å². The summed E-state index contributed by atoms with van der Waals surface area (Å²) >= 11 is 0. The van der Waals surface area contributed by atoms with Gasteiger partial charge in [-0.05, 0) is 37.0 Å². The maximum Gasteiger partial charge on any atom is 0.252 e. The van der Waals surface area contributed by atoms with E-state index >= 15 is 0 Å². The van der Waals surface area contributed by atoms with E-state index in [4.69, 9.17) is 4.74 Å². The van der Waals surface area contributed by atoms with E-state index in [0.717, 1.165) is 25.1 Å². The molecule has 2 aromatic rings. The molecular weight excluding hydrogens is 321 g/mol. The van der Waals surface area contributed by atoms with Crippen LogP contribution in [0, 0.1) is 5.82 Å². The molecule has 0 saturated carbocycles. The van der Waals surface area contributed by atoms with E-state index in [1.807, 2.05) is 0 Å². The largest absolute Gasteiger partial charge is 0.381 e. The monoisotopic (exact) mass is 343 g/mol. The summed E-state index contributed by atoms with van der Waals surface area (Å²) in [6.07, 6.45) is 6.02. The number of hydrogen-bond acceptors (Lipinski definition) is 4. The summed E-state index contributed by atoms with van der Waals surface area (Å²) < 4.78 is 19.1. The van der Waals surface area contributed by atoms with Gasteiger partial charge >= 0.3 is 0 Å². The predicted molar refractivity (Wildman–Crippen MR) is 94.1 cm³/mol. The van der Waals surface area contributed by atoms with Gasteiger partial charge in [-0.2, -0.15) is 0 Å². The number of hydrogen-bond donors (Lipinski definition) is 2. The molecule has 0 bridgehead atoms. The smallest absolute Gasteiger partial charge is 0.252 e. The van der Waals surface area contributed by atoms with Crippen LogP contribution in [0.5, 0.6) is 0 Å². The standard InChI is InChI=1S/C19H22FN3O2/c20-18-6-2-1-4-14(18)7-8-22-19(24)15-10-16(12-21-11-15)23-13-17-5-3-9-25-17/h1-2,4,6,10-12,17,23H,3,5,7-9,13H2,(H,22,24). The molecule has 132 valence electrons. The van der Waals surface area contributed by atoms with Gasteiger partial charge in [-0.15, -0.1) is 0 Å². The number of carbonyl (C=O) groups is 1. The molecule has 1 saturated heterocycles. The molecule has 6 heteroatoms. The Hall–Kier alpha value is -2.47. The molecule has 0 radical (unpaired) electrons.